The van der Waals surface area contributed by atoms with Gasteiger partial charge in [0.05, 0.1) is 6.54 Å². The Morgan fingerprint density at radius 1 is 1.08 bits per heavy atom. The molecule has 130 valence electrons. The van der Waals surface area contributed by atoms with Crippen LogP contribution in [0.5, 0.6) is 0 Å². The zero-order valence-corrected chi connectivity index (χ0v) is 15.3. The second-order valence-electron chi connectivity index (χ2n) is 5.42. The van der Waals surface area contributed by atoms with Crippen molar-refractivity contribution < 1.29 is 4.39 Å². The molecule has 25 heavy (non-hydrogen) atoms. The van der Waals surface area contributed by atoms with E-state index < -0.39 is 0 Å². The van der Waals surface area contributed by atoms with Gasteiger partial charge in [0.2, 0.25) is 0 Å². The van der Waals surface area contributed by atoms with E-state index >= 15 is 0 Å². The highest BCUT2D eigenvalue weighted by atomic mass is 35.5. The zero-order valence-electron chi connectivity index (χ0n) is 13.7. The summed E-state index contributed by atoms with van der Waals surface area (Å²) in [5, 5.41) is 13.4. The van der Waals surface area contributed by atoms with Gasteiger partial charge in [-0.25, -0.2) is 4.39 Å². The Kier molecular flexibility index (Phi) is 5.94. The fourth-order valence-corrected chi connectivity index (χ4v) is 3.45. The number of hydrogen-bond acceptors (Lipinski definition) is 4. The van der Waals surface area contributed by atoms with E-state index in [9.17, 15) is 4.39 Å². The van der Waals surface area contributed by atoms with Crippen molar-refractivity contribution in [3.05, 3.63) is 70.8 Å². The maximum atomic E-state index is 13.0. The first-order valence-corrected chi connectivity index (χ1v) is 9.31. The maximum Gasteiger partial charge on any atom is 0.191 e. The van der Waals surface area contributed by atoms with E-state index in [0.717, 1.165) is 34.0 Å². The third-order valence-electron chi connectivity index (χ3n) is 3.69. The van der Waals surface area contributed by atoms with Crippen LogP contribution in [0.15, 0.2) is 53.7 Å². The van der Waals surface area contributed by atoms with Crippen LogP contribution in [-0.2, 0) is 18.8 Å². The molecule has 0 aliphatic heterocycles. The Bertz CT molecular complexity index is 751. The summed E-state index contributed by atoms with van der Waals surface area (Å²) in [6, 6.07) is 14.1. The van der Waals surface area contributed by atoms with Crippen molar-refractivity contribution in [3.8, 4) is 0 Å². The molecular formula is C18H18ClFN4S. The minimum absolute atomic E-state index is 0.247. The minimum Gasteiger partial charge on any atom is -0.378 e. The Morgan fingerprint density at radius 2 is 1.80 bits per heavy atom. The quantitative estimate of drug-likeness (QED) is 0.589. The highest BCUT2D eigenvalue weighted by Gasteiger charge is 2.11. The monoisotopic (exact) mass is 376 g/mol. The largest absolute Gasteiger partial charge is 0.378 e. The molecule has 0 aliphatic rings. The lowest BCUT2D eigenvalue weighted by Gasteiger charge is -2.09. The normalized spacial score (nSPS) is 10.8. The van der Waals surface area contributed by atoms with Gasteiger partial charge in [-0.2, -0.15) is 0 Å². The molecule has 0 fully saturated rings. The topological polar surface area (TPSA) is 42.7 Å². The first kappa shape index (κ1) is 17.8. The van der Waals surface area contributed by atoms with Crippen LogP contribution in [0.3, 0.4) is 0 Å². The fraction of sp³-hybridized carbons (Fsp3) is 0.222. The van der Waals surface area contributed by atoms with Gasteiger partial charge < -0.3 is 9.88 Å². The predicted molar refractivity (Wildman–Crippen MR) is 100 cm³/mol. The van der Waals surface area contributed by atoms with Crippen molar-refractivity contribution >= 4 is 29.1 Å². The summed E-state index contributed by atoms with van der Waals surface area (Å²) < 4.78 is 15.0. The van der Waals surface area contributed by atoms with E-state index in [1.807, 2.05) is 24.3 Å². The van der Waals surface area contributed by atoms with Gasteiger partial charge in [-0.1, -0.05) is 35.5 Å². The molecule has 2 aromatic carbocycles. The molecule has 0 amide bonds. The van der Waals surface area contributed by atoms with E-state index in [1.54, 1.807) is 23.9 Å². The van der Waals surface area contributed by atoms with Gasteiger partial charge in [0.25, 0.3) is 0 Å². The van der Waals surface area contributed by atoms with Crippen LogP contribution < -0.4 is 5.32 Å². The van der Waals surface area contributed by atoms with E-state index in [2.05, 4.69) is 27.0 Å². The summed E-state index contributed by atoms with van der Waals surface area (Å²) in [6.45, 7) is 3.39. The number of hydrogen-bond donors (Lipinski definition) is 1. The van der Waals surface area contributed by atoms with E-state index in [0.29, 0.717) is 6.54 Å². The molecule has 0 aliphatic carbocycles. The van der Waals surface area contributed by atoms with Crippen molar-refractivity contribution in [1.29, 1.82) is 0 Å². The zero-order chi connectivity index (χ0) is 17.6. The molecule has 0 radical (unpaired) electrons. The third-order valence-corrected chi connectivity index (χ3v) is 4.98. The van der Waals surface area contributed by atoms with Crippen LogP contribution in [0, 0.1) is 5.82 Å². The number of nitrogens with zero attached hydrogens (tertiary/aromatic N) is 3. The van der Waals surface area contributed by atoms with Gasteiger partial charge in [-0.3, -0.25) is 0 Å². The Morgan fingerprint density at radius 3 is 2.48 bits per heavy atom. The molecule has 4 nitrogen and oxygen atoms in total. The number of thioether (sulfide) groups is 1. The Hall–Kier alpha value is -2.05. The molecule has 3 rings (SSSR count). The minimum atomic E-state index is -0.247. The third kappa shape index (κ3) is 4.74. The van der Waals surface area contributed by atoms with Crippen molar-refractivity contribution in [2.24, 2.45) is 0 Å². The molecule has 1 aromatic heterocycles. The molecule has 1 heterocycles. The molecule has 0 saturated carbocycles. The molecule has 0 unspecified atom stereocenters. The molecule has 0 saturated heterocycles. The lowest BCUT2D eigenvalue weighted by Crippen LogP contribution is -2.08. The molecule has 3 aromatic rings. The number of anilines is 1. The molecule has 0 atom stereocenters. The lowest BCUT2D eigenvalue weighted by molar-refractivity contribution is 0.628. The van der Waals surface area contributed by atoms with E-state index in [1.165, 1.54) is 17.7 Å². The number of nitrogens with one attached hydrogen (secondary N) is 1. The molecule has 0 bridgehead atoms. The SMILES string of the molecule is CCn1c(CNc2ccc(F)cc2)nnc1SCc1ccc(Cl)cc1. The number of benzene rings is 2. The predicted octanol–water partition coefficient (Wildman–Crippen LogP) is 4.99. The van der Waals surface area contributed by atoms with Gasteiger partial charge in [-0.05, 0) is 48.9 Å². The Balaban J connectivity index is 1.63. The second kappa shape index (κ2) is 8.36. The van der Waals surface area contributed by atoms with Gasteiger partial charge in [0, 0.05) is 23.0 Å². The second-order valence-corrected chi connectivity index (χ2v) is 6.80. The first-order valence-electron chi connectivity index (χ1n) is 7.94. The fourth-order valence-electron chi connectivity index (χ4n) is 2.35. The highest BCUT2D eigenvalue weighted by Crippen LogP contribution is 2.23. The molecular weight excluding hydrogens is 359 g/mol. The van der Waals surface area contributed by atoms with Crippen molar-refractivity contribution in [2.45, 2.75) is 30.9 Å². The van der Waals surface area contributed by atoms with Crippen molar-refractivity contribution in [3.63, 3.8) is 0 Å². The van der Waals surface area contributed by atoms with Crippen LogP contribution in [0.25, 0.3) is 0 Å². The maximum absolute atomic E-state index is 13.0. The lowest BCUT2D eigenvalue weighted by atomic mass is 10.2. The van der Waals surface area contributed by atoms with Gasteiger partial charge >= 0.3 is 0 Å². The average molecular weight is 377 g/mol. The molecule has 0 spiro atoms. The molecule has 1 N–H and O–H groups in total. The van der Waals surface area contributed by atoms with Gasteiger partial charge in [0.1, 0.15) is 5.82 Å². The summed E-state index contributed by atoms with van der Waals surface area (Å²) >= 11 is 7.56. The first-order chi connectivity index (χ1) is 12.2. The van der Waals surface area contributed by atoms with Crippen LogP contribution >= 0.6 is 23.4 Å². The highest BCUT2D eigenvalue weighted by molar-refractivity contribution is 7.98. The summed E-state index contributed by atoms with van der Waals surface area (Å²) in [4.78, 5) is 0. The van der Waals surface area contributed by atoms with Crippen molar-refractivity contribution in [2.75, 3.05) is 5.32 Å². The summed E-state index contributed by atoms with van der Waals surface area (Å²) in [5.74, 6) is 1.41. The number of rotatable bonds is 7. The average Bonchev–Trinajstić information content (AvgIpc) is 3.02. The number of aromatic nitrogens is 3. The van der Waals surface area contributed by atoms with E-state index in [-0.39, 0.29) is 5.82 Å². The van der Waals surface area contributed by atoms with Gasteiger partial charge in [0.15, 0.2) is 11.0 Å². The van der Waals surface area contributed by atoms with Crippen LogP contribution in [-0.4, -0.2) is 14.8 Å². The Labute approximate surface area is 155 Å². The summed E-state index contributed by atoms with van der Waals surface area (Å²) in [5.41, 5.74) is 2.04. The van der Waals surface area contributed by atoms with Crippen LogP contribution in [0.2, 0.25) is 5.02 Å². The number of halogens is 2. The molecule has 7 heteroatoms. The van der Waals surface area contributed by atoms with Crippen LogP contribution in [0.4, 0.5) is 10.1 Å². The van der Waals surface area contributed by atoms with Crippen LogP contribution in [0.1, 0.15) is 18.3 Å². The van der Waals surface area contributed by atoms with Gasteiger partial charge in [-0.15, -0.1) is 10.2 Å². The standard InChI is InChI=1S/C18H18ClFN4S/c1-2-24-17(11-21-16-9-7-15(20)8-10-16)22-23-18(24)25-12-13-3-5-14(19)6-4-13/h3-10,21H,2,11-12H2,1H3. The van der Waals surface area contributed by atoms with Crippen molar-refractivity contribution in [1.82, 2.24) is 14.8 Å². The van der Waals surface area contributed by atoms with E-state index in [4.69, 9.17) is 11.6 Å². The summed E-state index contributed by atoms with van der Waals surface area (Å²) in [7, 11) is 0. The summed E-state index contributed by atoms with van der Waals surface area (Å²) in [6.07, 6.45) is 0. The smallest absolute Gasteiger partial charge is 0.191 e.